The topological polar surface area (TPSA) is 81.7 Å². The van der Waals surface area contributed by atoms with E-state index >= 15 is 0 Å². The Morgan fingerprint density at radius 2 is 1.79 bits per heavy atom. The van der Waals surface area contributed by atoms with Crippen LogP contribution in [0.15, 0.2) is 42.5 Å². The van der Waals surface area contributed by atoms with Crippen molar-refractivity contribution < 1.29 is 23.5 Å². The second-order valence-electron chi connectivity index (χ2n) is 7.50. The van der Waals surface area contributed by atoms with Gasteiger partial charge < -0.3 is 20.6 Å². The van der Waals surface area contributed by atoms with Crippen LogP contribution in [0.3, 0.4) is 0 Å². The molecule has 3 N–H and O–H groups in total. The molecule has 2 aliphatic heterocycles. The normalized spacial score (nSPS) is 23.8. The lowest BCUT2D eigenvalue weighted by molar-refractivity contribution is -0.147. The van der Waals surface area contributed by atoms with E-state index in [1.54, 1.807) is 29.2 Å². The van der Waals surface area contributed by atoms with Crippen LogP contribution in [0.4, 0.5) is 8.78 Å². The summed E-state index contributed by atoms with van der Waals surface area (Å²) in [5, 5.41) is 15.4. The summed E-state index contributed by atoms with van der Waals surface area (Å²) in [5.41, 5.74) is 1.43. The lowest BCUT2D eigenvalue weighted by Gasteiger charge is -2.34. The standard InChI is InChI=1S/C21H21F2N3O3/c22-16-6-3-13(7-17(16)23)10-24-14-9-19-20(28)25-18(21(29)26(19)11-14)8-12-1-4-15(27)5-2-12/h1-7,14,18-19,24,27H,8-11H2,(H,25,28)/t14-,18+,19-/m0/s1. The Bertz CT molecular complexity index is 935. The Hall–Kier alpha value is -3.00. The van der Waals surface area contributed by atoms with E-state index in [4.69, 9.17) is 0 Å². The van der Waals surface area contributed by atoms with Crippen molar-refractivity contribution in [2.75, 3.05) is 6.54 Å². The molecule has 2 aromatic carbocycles. The van der Waals surface area contributed by atoms with Crippen molar-refractivity contribution in [3.05, 3.63) is 65.2 Å². The molecule has 2 aromatic rings. The van der Waals surface area contributed by atoms with Crippen LogP contribution in [-0.4, -0.2) is 46.5 Å². The Morgan fingerprint density at radius 3 is 2.52 bits per heavy atom. The Labute approximate surface area is 166 Å². The minimum Gasteiger partial charge on any atom is -0.508 e. The molecule has 0 radical (unpaired) electrons. The highest BCUT2D eigenvalue weighted by molar-refractivity contribution is 5.97. The number of fused-ring (bicyclic) bond motifs is 1. The number of hydrogen-bond donors (Lipinski definition) is 3. The molecule has 2 aliphatic rings. The summed E-state index contributed by atoms with van der Waals surface area (Å²) >= 11 is 0. The van der Waals surface area contributed by atoms with E-state index in [1.807, 2.05) is 0 Å². The SMILES string of the molecule is O=C1N[C@H](Cc2ccc(O)cc2)C(=O)N2C[C@@H](NCc3ccc(F)c(F)c3)C[C@@H]12. The summed E-state index contributed by atoms with van der Waals surface area (Å²) in [6, 6.07) is 8.95. The number of aromatic hydroxyl groups is 1. The van der Waals surface area contributed by atoms with Crippen molar-refractivity contribution in [3.8, 4) is 5.75 Å². The Balaban J connectivity index is 1.38. The average molecular weight is 401 g/mol. The maximum absolute atomic E-state index is 13.3. The number of nitrogens with zero attached hydrogens (tertiary/aromatic N) is 1. The van der Waals surface area contributed by atoms with Crippen molar-refractivity contribution in [1.29, 1.82) is 0 Å². The van der Waals surface area contributed by atoms with Gasteiger partial charge in [-0.25, -0.2) is 8.78 Å². The minimum atomic E-state index is -0.903. The molecule has 8 heteroatoms. The van der Waals surface area contributed by atoms with E-state index in [0.29, 0.717) is 31.5 Å². The maximum atomic E-state index is 13.3. The van der Waals surface area contributed by atoms with Gasteiger partial charge in [-0.2, -0.15) is 0 Å². The van der Waals surface area contributed by atoms with Gasteiger partial charge in [0.15, 0.2) is 11.6 Å². The molecule has 0 aromatic heterocycles. The molecule has 4 rings (SSSR count). The molecule has 152 valence electrons. The summed E-state index contributed by atoms with van der Waals surface area (Å²) in [6.45, 7) is 0.696. The van der Waals surface area contributed by atoms with Gasteiger partial charge in [0.25, 0.3) is 0 Å². The third kappa shape index (κ3) is 4.07. The lowest BCUT2D eigenvalue weighted by atomic mass is 10.0. The van der Waals surface area contributed by atoms with Gasteiger partial charge in [0, 0.05) is 25.6 Å². The quantitative estimate of drug-likeness (QED) is 0.709. The predicted octanol–water partition coefficient (Wildman–Crippen LogP) is 1.47. The smallest absolute Gasteiger partial charge is 0.246 e. The van der Waals surface area contributed by atoms with Crippen molar-refractivity contribution in [1.82, 2.24) is 15.5 Å². The van der Waals surface area contributed by atoms with E-state index in [1.165, 1.54) is 6.07 Å². The molecular formula is C21H21F2N3O3. The number of halogens is 2. The first kappa shape index (κ1) is 19.3. The Morgan fingerprint density at radius 1 is 1.07 bits per heavy atom. The number of carbonyl (C=O) groups excluding carboxylic acids is 2. The lowest BCUT2D eigenvalue weighted by Crippen LogP contribution is -2.61. The van der Waals surface area contributed by atoms with Crippen LogP contribution in [0.1, 0.15) is 17.5 Å². The number of amides is 2. The first-order chi connectivity index (χ1) is 13.9. The molecule has 0 spiro atoms. The summed E-state index contributed by atoms with van der Waals surface area (Å²) < 4.78 is 26.4. The summed E-state index contributed by atoms with van der Waals surface area (Å²) in [5.74, 6) is -1.99. The average Bonchev–Trinajstić information content (AvgIpc) is 3.14. The fourth-order valence-electron chi connectivity index (χ4n) is 3.92. The second kappa shape index (κ2) is 7.79. The fraction of sp³-hybridized carbons (Fsp3) is 0.333. The van der Waals surface area contributed by atoms with Gasteiger partial charge in [-0.15, -0.1) is 0 Å². The van der Waals surface area contributed by atoms with Crippen LogP contribution in [0.5, 0.6) is 5.75 Å². The molecule has 0 unspecified atom stereocenters. The van der Waals surface area contributed by atoms with Crippen molar-refractivity contribution in [2.45, 2.75) is 37.5 Å². The number of carbonyl (C=O) groups is 2. The molecule has 2 saturated heterocycles. The number of rotatable bonds is 5. The van der Waals surface area contributed by atoms with Crippen LogP contribution in [-0.2, 0) is 22.6 Å². The zero-order valence-electron chi connectivity index (χ0n) is 15.6. The number of piperazine rings is 1. The van der Waals surface area contributed by atoms with Gasteiger partial charge in [0.2, 0.25) is 11.8 Å². The number of hydrogen-bond acceptors (Lipinski definition) is 4. The fourth-order valence-corrected chi connectivity index (χ4v) is 3.92. The molecule has 2 fully saturated rings. The number of phenols is 1. The molecule has 0 bridgehead atoms. The molecule has 0 aliphatic carbocycles. The molecular weight excluding hydrogens is 380 g/mol. The number of phenolic OH excluding ortho intramolecular Hbond substituents is 1. The summed E-state index contributed by atoms with van der Waals surface area (Å²) in [6.07, 6.45) is 0.814. The highest BCUT2D eigenvalue weighted by Crippen LogP contribution is 2.24. The van der Waals surface area contributed by atoms with E-state index in [2.05, 4.69) is 10.6 Å². The predicted molar refractivity (Wildman–Crippen MR) is 101 cm³/mol. The van der Waals surface area contributed by atoms with Gasteiger partial charge in [-0.1, -0.05) is 18.2 Å². The first-order valence-corrected chi connectivity index (χ1v) is 9.47. The number of benzene rings is 2. The van der Waals surface area contributed by atoms with Gasteiger partial charge in [-0.05, 0) is 41.8 Å². The highest BCUT2D eigenvalue weighted by atomic mass is 19.2. The molecule has 2 amide bonds. The minimum absolute atomic E-state index is 0.116. The molecule has 6 nitrogen and oxygen atoms in total. The van der Waals surface area contributed by atoms with Crippen LogP contribution >= 0.6 is 0 Å². The third-order valence-corrected chi connectivity index (χ3v) is 5.46. The molecule has 2 heterocycles. The molecule has 29 heavy (non-hydrogen) atoms. The van der Waals surface area contributed by atoms with E-state index in [0.717, 1.165) is 17.7 Å². The summed E-state index contributed by atoms with van der Waals surface area (Å²) in [4.78, 5) is 27.0. The van der Waals surface area contributed by atoms with Crippen LogP contribution < -0.4 is 10.6 Å². The highest BCUT2D eigenvalue weighted by Gasteiger charge is 2.46. The zero-order valence-corrected chi connectivity index (χ0v) is 15.6. The third-order valence-electron chi connectivity index (χ3n) is 5.46. The maximum Gasteiger partial charge on any atom is 0.246 e. The van der Waals surface area contributed by atoms with E-state index in [-0.39, 0.29) is 23.6 Å². The van der Waals surface area contributed by atoms with Crippen LogP contribution in [0.2, 0.25) is 0 Å². The monoisotopic (exact) mass is 401 g/mol. The van der Waals surface area contributed by atoms with Gasteiger partial charge >= 0.3 is 0 Å². The molecule has 3 atom stereocenters. The second-order valence-corrected chi connectivity index (χ2v) is 7.50. The van der Waals surface area contributed by atoms with Crippen LogP contribution in [0, 0.1) is 11.6 Å². The van der Waals surface area contributed by atoms with Crippen molar-refractivity contribution in [3.63, 3.8) is 0 Å². The summed E-state index contributed by atoms with van der Waals surface area (Å²) in [7, 11) is 0. The van der Waals surface area contributed by atoms with Gasteiger partial charge in [0.05, 0.1) is 0 Å². The Kier molecular flexibility index (Phi) is 5.19. The largest absolute Gasteiger partial charge is 0.508 e. The first-order valence-electron chi connectivity index (χ1n) is 9.47. The zero-order chi connectivity index (χ0) is 20.5. The van der Waals surface area contributed by atoms with Crippen molar-refractivity contribution in [2.24, 2.45) is 0 Å². The van der Waals surface area contributed by atoms with Gasteiger partial charge in [0.1, 0.15) is 17.8 Å². The van der Waals surface area contributed by atoms with Gasteiger partial charge in [-0.3, -0.25) is 9.59 Å². The molecule has 0 saturated carbocycles. The van der Waals surface area contributed by atoms with Crippen molar-refractivity contribution >= 4 is 11.8 Å². The van der Waals surface area contributed by atoms with E-state index in [9.17, 15) is 23.5 Å². The number of nitrogens with one attached hydrogen (secondary N) is 2. The van der Waals surface area contributed by atoms with Crippen LogP contribution in [0.25, 0.3) is 0 Å². The van der Waals surface area contributed by atoms with E-state index < -0.39 is 23.7 Å².